The van der Waals surface area contributed by atoms with Crippen molar-refractivity contribution in [2.75, 3.05) is 38.6 Å². The van der Waals surface area contributed by atoms with Crippen molar-refractivity contribution >= 4 is 11.8 Å². The highest BCUT2D eigenvalue weighted by Gasteiger charge is 2.13. The average Bonchev–Trinajstić information content (AvgIpc) is 2.29. The molecule has 1 fully saturated rings. The van der Waals surface area contributed by atoms with Gasteiger partial charge in [-0.3, -0.25) is 4.79 Å². The number of thioether (sulfide) groups is 1. The summed E-state index contributed by atoms with van der Waals surface area (Å²) in [5.41, 5.74) is 0.702. The van der Waals surface area contributed by atoms with Crippen LogP contribution in [-0.2, 0) is 4.74 Å². The summed E-state index contributed by atoms with van der Waals surface area (Å²) >= 11 is 1.61. The second kappa shape index (κ2) is 6.18. The molecule has 0 saturated carbocycles. The summed E-state index contributed by atoms with van der Waals surface area (Å²) in [6.45, 7) is 6.81. The largest absolute Gasteiger partial charge is 0.370 e. The van der Waals surface area contributed by atoms with E-state index in [0.717, 1.165) is 49.5 Å². The van der Waals surface area contributed by atoms with Gasteiger partial charge < -0.3 is 14.6 Å². The molecule has 1 aromatic rings. The molecule has 1 aromatic heterocycles. The lowest BCUT2D eigenvalue weighted by Gasteiger charge is -2.23. The number of nitrogens with one attached hydrogen (secondary N) is 2. The fourth-order valence-corrected chi connectivity index (χ4v) is 2.79. The van der Waals surface area contributed by atoms with E-state index in [1.165, 1.54) is 6.07 Å². The molecule has 1 aliphatic rings. The summed E-state index contributed by atoms with van der Waals surface area (Å²) in [5.74, 6) is 0.974. The maximum absolute atomic E-state index is 11.2. The SMILES string of the molecule is Cc1cc(=O)[nH]c(SCC[NH+]2CCOCC2)n1. The highest BCUT2D eigenvalue weighted by Crippen LogP contribution is 2.09. The van der Waals surface area contributed by atoms with Crippen molar-refractivity contribution in [3.8, 4) is 0 Å². The lowest BCUT2D eigenvalue weighted by Crippen LogP contribution is -3.14. The van der Waals surface area contributed by atoms with Crippen LogP contribution in [0, 0.1) is 6.92 Å². The molecule has 0 radical (unpaired) electrons. The second-order valence-electron chi connectivity index (χ2n) is 4.15. The predicted octanol–water partition coefficient (Wildman–Crippen LogP) is -0.914. The van der Waals surface area contributed by atoms with Gasteiger partial charge in [-0.1, -0.05) is 11.8 Å². The monoisotopic (exact) mass is 256 g/mol. The lowest BCUT2D eigenvalue weighted by atomic mass is 10.4. The Bertz CT molecular complexity index is 415. The van der Waals surface area contributed by atoms with Gasteiger partial charge in [0.25, 0.3) is 5.56 Å². The summed E-state index contributed by atoms with van der Waals surface area (Å²) in [6.07, 6.45) is 0. The van der Waals surface area contributed by atoms with Crippen LogP contribution in [0.4, 0.5) is 0 Å². The van der Waals surface area contributed by atoms with Crippen molar-refractivity contribution < 1.29 is 9.64 Å². The van der Waals surface area contributed by atoms with Crippen LogP contribution in [0.15, 0.2) is 16.0 Å². The Morgan fingerprint density at radius 3 is 3.00 bits per heavy atom. The molecule has 0 unspecified atom stereocenters. The molecule has 17 heavy (non-hydrogen) atoms. The van der Waals surface area contributed by atoms with Crippen LogP contribution >= 0.6 is 11.8 Å². The first-order valence-corrected chi connectivity index (χ1v) is 6.85. The Balaban J connectivity index is 1.79. The highest BCUT2D eigenvalue weighted by molar-refractivity contribution is 7.99. The molecule has 1 saturated heterocycles. The fraction of sp³-hybridized carbons (Fsp3) is 0.636. The Morgan fingerprint density at radius 2 is 2.29 bits per heavy atom. The van der Waals surface area contributed by atoms with Crippen molar-refractivity contribution in [2.45, 2.75) is 12.1 Å². The van der Waals surface area contributed by atoms with E-state index < -0.39 is 0 Å². The van der Waals surface area contributed by atoms with Crippen LogP contribution in [0.5, 0.6) is 0 Å². The minimum atomic E-state index is -0.0706. The number of aromatic nitrogens is 2. The summed E-state index contributed by atoms with van der Waals surface area (Å²) in [7, 11) is 0. The van der Waals surface area contributed by atoms with Crippen molar-refractivity contribution in [3.63, 3.8) is 0 Å². The number of rotatable bonds is 4. The molecular formula is C11H18N3O2S+. The number of hydrogen-bond acceptors (Lipinski definition) is 4. The number of ether oxygens (including phenoxy) is 1. The number of aryl methyl sites for hydroxylation is 1. The van der Waals surface area contributed by atoms with Crippen LogP contribution in [0.1, 0.15) is 5.69 Å². The number of hydrogen-bond donors (Lipinski definition) is 2. The van der Waals surface area contributed by atoms with E-state index in [1.807, 2.05) is 6.92 Å². The normalized spacial score (nSPS) is 17.2. The molecule has 2 heterocycles. The number of quaternary nitrogens is 1. The van der Waals surface area contributed by atoms with Crippen molar-refractivity contribution in [3.05, 3.63) is 22.1 Å². The number of morpholine rings is 1. The third-order valence-electron chi connectivity index (χ3n) is 2.74. The Labute approximate surface area is 105 Å². The highest BCUT2D eigenvalue weighted by atomic mass is 32.2. The van der Waals surface area contributed by atoms with Gasteiger partial charge in [0.2, 0.25) is 0 Å². The molecule has 2 rings (SSSR count). The standard InChI is InChI=1S/C11H17N3O2S/c1-9-8-10(15)13-11(12-9)17-7-4-14-2-5-16-6-3-14/h8H,2-7H2,1H3,(H,12,13,15)/p+1. The maximum atomic E-state index is 11.2. The minimum absolute atomic E-state index is 0.0706. The van der Waals surface area contributed by atoms with Crippen molar-refractivity contribution in [1.82, 2.24) is 9.97 Å². The van der Waals surface area contributed by atoms with E-state index in [0.29, 0.717) is 0 Å². The molecule has 0 aromatic carbocycles. The van der Waals surface area contributed by atoms with Gasteiger partial charge in [0.1, 0.15) is 13.1 Å². The molecule has 94 valence electrons. The molecule has 5 nitrogen and oxygen atoms in total. The van der Waals surface area contributed by atoms with Gasteiger partial charge in [0.15, 0.2) is 5.16 Å². The Morgan fingerprint density at radius 1 is 1.53 bits per heavy atom. The third-order valence-corrected chi connectivity index (χ3v) is 3.62. The summed E-state index contributed by atoms with van der Waals surface area (Å²) in [5, 5.41) is 0.725. The van der Waals surface area contributed by atoms with Crippen molar-refractivity contribution in [2.24, 2.45) is 0 Å². The quantitative estimate of drug-likeness (QED) is 0.541. The first-order chi connectivity index (χ1) is 8.24. The fourth-order valence-electron chi connectivity index (χ4n) is 1.82. The first kappa shape index (κ1) is 12.6. The van der Waals surface area contributed by atoms with E-state index in [2.05, 4.69) is 9.97 Å². The van der Waals surface area contributed by atoms with Crippen LogP contribution in [0.25, 0.3) is 0 Å². The zero-order chi connectivity index (χ0) is 12.1. The molecule has 0 spiro atoms. The van der Waals surface area contributed by atoms with Crippen LogP contribution in [0.3, 0.4) is 0 Å². The molecule has 0 bridgehead atoms. The summed E-state index contributed by atoms with van der Waals surface area (Å²) in [4.78, 5) is 19.9. The van der Waals surface area contributed by atoms with E-state index in [9.17, 15) is 4.79 Å². The smallest absolute Gasteiger partial charge is 0.251 e. The van der Waals surface area contributed by atoms with E-state index in [-0.39, 0.29) is 5.56 Å². The third kappa shape index (κ3) is 4.14. The van der Waals surface area contributed by atoms with Gasteiger partial charge in [-0.25, -0.2) is 4.98 Å². The zero-order valence-corrected chi connectivity index (χ0v) is 10.8. The first-order valence-electron chi connectivity index (χ1n) is 5.86. The van der Waals surface area contributed by atoms with E-state index in [1.54, 1.807) is 16.7 Å². The number of nitrogens with zero attached hydrogens (tertiary/aromatic N) is 1. The zero-order valence-electron chi connectivity index (χ0n) is 9.99. The molecule has 0 aliphatic carbocycles. The predicted molar refractivity (Wildman–Crippen MR) is 66.7 cm³/mol. The molecular weight excluding hydrogens is 238 g/mol. The van der Waals surface area contributed by atoms with Crippen LogP contribution in [0.2, 0.25) is 0 Å². The molecule has 2 N–H and O–H groups in total. The number of aromatic amines is 1. The molecule has 0 amide bonds. The summed E-state index contributed by atoms with van der Waals surface area (Å²) < 4.78 is 5.31. The molecule has 0 atom stereocenters. The van der Waals surface area contributed by atoms with Gasteiger partial charge in [-0.15, -0.1) is 0 Å². The molecule has 1 aliphatic heterocycles. The van der Waals surface area contributed by atoms with Gasteiger partial charge >= 0.3 is 0 Å². The van der Waals surface area contributed by atoms with E-state index in [4.69, 9.17) is 4.74 Å². The number of H-pyrrole nitrogens is 1. The van der Waals surface area contributed by atoms with E-state index >= 15 is 0 Å². The van der Waals surface area contributed by atoms with Gasteiger partial charge in [-0.2, -0.15) is 0 Å². The maximum Gasteiger partial charge on any atom is 0.251 e. The Kier molecular flexibility index (Phi) is 4.58. The van der Waals surface area contributed by atoms with Gasteiger partial charge in [0.05, 0.1) is 25.5 Å². The topological polar surface area (TPSA) is 59.4 Å². The van der Waals surface area contributed by atoms with Crippen LogP contribution < -0.4 is 10.5 Å². The lowest BCUT2D eigenvalue weighted by molar-refractivity contribution is -0.905. The van der Waals surface area contributed by atoms with Gasteiger partial charge in [0, 0.05) is 11.8 Å². The minimum Gasteiger partial charge on any atom is -0.370 e. The molecule has 6 heteroatoms. The van der Waals surface area contributed by atoms with Gasteiger partial charge in [-0.05, 0) is 6.92 Å². The Hall–Kier alpha value is -0.850. The average molecular weight is 256 g/mol. The summed E-state index contributed by atoms with van der Waals surface area (Å²) in [6, 6.07) is 1.51. The van der Waals surface area contributed by atoms with Crippen molar-refractivity contribution in [1.29, 1.82) is 0 Å². The van der Waals surface area contributed by atoms with Crippen LogP contribution in [-0.4, -0.2) is 48.6 Å². The second-order valence-corrected chi connectivity index (χ2v) is 5.24.